The lowest BCUT2D eigenvalue weighted by atomic mass is 10.2. The van der Waals surface area contributed by atoms with E-state index in [-0.39, 0.29) is 12.5 Å². The van der Waals surface area contributed by atoms with E-state index in [1.54, 1.807) is 18.2 Å². The first-order chi connectivity index (χ1) is 10.5. The van der Waals surface area contributed by atoms with E-state index in [0.717, 1.165) is 0 Å². The van der Waals surface area contributed by atoms with Crippen molar-refractivity contribution in [2.24, 2.45) is 0 Å². The molecule has 22 heavy (non-hydrogen) atoms. The van der Waals surface area contributed by atoms with Crippen LogP contribution in [0.15, 0.2) is 42.5 Å². The molecule has 0 fully saturated rings. The summed E-state index contributed by atoms with van der Waals surface area (Å²) in [5.74, 6) is 0.498. The van der Waals surface area contributed by atoms with Gasteiger partial charge in [0.2, 0.25) is 16.8 Å². The molecule has 0 spiro atoms. The topological polar surface area (TPSA) is 55.8 Å². The lowest BCUT2D eigenvalue weighted by Crippen LogP contribution is -2.27. The molecule has 0 radical (unpaired) electrons. The quantitative estimate of drug-likeness (QED) is 0.867. The van der Waals surface area contributed by atoms with Crippen molar-refractivity contribution in [3.63, 3.8) is 0 Å². The summed E-state index contributed by atoms with van der Waals surface area (Å²) in [6, 6.07) is 10.3. The van der Waals surface area contributed by atoms with E-state index < -0.39 is 15.8 Å². The van der Waals surface area contributed by atoms with Crippen LogP contribution in [-0.4, -0.2) is 22.3 Å². The lowest BCUT2D eigenvalue weighted by molar-refractivity contribution is 0.174. The molecule has 0 N–H and O–H groups in total. The van der Waals surface area contributed by atoms with Crippen LogP contribution in [-0.2, 0) is 15.8 Å². The van der Waals surface area contributed by atoms with Gasteiger partial charge in [0.15, 0.2) is 11.5 Å². The van der Waals surface area contributed by atoms with E-state index in [1.807, 2.05) is 0 Å². The maximum Gasteiger partial charge on any atom is 0.239 e. The Kier molecular flexibility index (Phi) is 3.66. The van der Waals surface area contributed by atoms with Crippen LogP contribution >= 0.6 is 0 Å². The Morgan fingerprint density at radius 2 is 1.77 bits per heavy atom. The Bertz CT molecular complexity index is 790. The fourth-order valence-electron chi connectivity index (χ4n) is 2.13. The molecule has 0 amide bonds. The predicted octanol–water partition coefficient (Wildman–Crippen LogP) is 2.52. The molecule has 2 aromatic carbocycles. The van der Waals surface area contributed by atoms with Gasteiger partial charge >= 0.3 is 0 Å². The number of anilines is 1. The van der Waals surface area contributed by atoms with Gasteiger partial charge in [-0.05, 0) is 29.8 Å². The van der Waals surface area contributed by atoms with Gasteiger partial charge in [0.25, 0.3) is 0 Å². The lowest BCUT2D eigenvalue weighted by Gasteiger charge is -2.19. The van der Waals surface area contributed by atoms with Crippen LogP contribution in [0, 0.1) is 5.82 Å². The average Bonchev–Trinajstić information content (AvgIpc) is 2.96. The normalized spacial score (nSPS) is 13.2. The third kappa shape index (κ3) is 2.85. The molecular weight excluding hydrogens is 309 g/mol. The van der Waals surface area contributed by atoms with Gasteiger partial charge in [-0.2, -0.15) is 0 Å². The standard InChI is InChI=1S/C15H14FNO4S/c1-17(13-6-7-14-15(8-13)21-10-20-14)22(18,19)9-11-2-4-12(16)5-3-11/h2-8H,9-10H2,1H3. The summed E-state index contributed by atoms with van der Waals surface area (Å²) >= 11 is 0. The molecule has 0 aliphatic carbocycles. The summed E-state index contributed by atoms with van der Waals surface area (Å²) < 4.78 is 49.4. The SMILES string of the molecule is CN(c1ccc2c(c1)OCO2)S(=O)(=O)Cc1ccc(F)cc1. The average molecular weight is 323 g/mol. The van der Waals surface area contributed by atoms with Gasteiger partial charge in [-0.3, -0.25) is 4.31 Å². The van der Waals surface area contributed by atoms with E-state index in [4.69, 9.17) is 9.47 Å². The van der Waals surface area contributed by atoms with Crippen molar-refractivity contribution in [3.8, 4) is 11.5 Å². The minimum atomic E-state index is -3.58. The number of benzene rings is 2. The van der Waals surface area contributed by atoms with E-state index in [9.17, 15) is 12.8 Å². The highest BCUT2D eigenvalue weighted by Gasteiger charge is 2.22. The number of hydrogen-bond acceptors (Lipinski definition) is 4. The smallest absolute Gasteiger partial charge is 0.239 e. The van der Waals surface area contributed by atoms with Crippen molar-refractivity contribution in [1.82, 2.24) is 0 Å². The molecule has 5 nitrogen and oxygen atoms in total. The van der Waals surface area contributed by atoms with E-state index >= 15 is 0 Å². The van der Waals surface area contributed by atoms with Crippen molar-refractivity contribution in [2.45, 2.75) is 5.75 Å². The molecule has 116 valence electrons. The van der Waals surface area contributed by atoms with Gasteiger partial charge in [0.05, 0.1) is 11.4 Å². The van der Waals surface area contributed by atoms with E-state index in [1.165, 1.54) is 35.6 Å². The van der Waals surface area contributed by atoms with E-state index in [0.29, 0.717) is 22.7 Å². The number of halogens is 1. The number of sulfonamides is 1. The van der Waals surface area contributed by atoms with Gasteiger partial charge in [-0.25, -0.2) is 12.8 Å². The first-order valence-corrected chi connectivity index (χ1v) is 8.17. The highest BCUT2D eigenvalue weighted by molar-refractivity contribution is 7.92. The summed E-state index contributed by atoms with van der Waals surface area (Å²) in [5.41, 5.74) is 1.00. The summed E-state index contributed by atoms with van der Waals surface area (Å²) in [4.78, 5) is 0. The molecule has 1 aliphatic rings. The van der Waals surface area contributed by atoms with Crippen LogP contribution in [0.4, 0.5) is 10.1 Å². The molecule has 0 bridgehead atoms. The minimum Gasteiger partial charge on any atom is -0.454 e. The Morgan fingerprint density at radius 3 is 2.50 bits per heavy atom. The van der Waals surface area contributed by atoms with Gasteiger partial charge < -0.3 is 9.47 Å². The Balaban J connectivity index is 1.83. The predicted molar refractivity (Wildman–Crippen MR) is 80.0 cm³/mol. The van der Waals surface area contributed by atoms with Crippen molar-refractivity contribution in [2.75, 3.05) is 18.1 Å². The second-order valence-electron chi connectivity index (χ2n) is 4.89. The third-order valence-corrected chi connectivity index (χ3v) is 5.14. The first kappa shape index (κ1) is 14.6. The van der Waals surface area contributed by atoms with Crippen molar-refractivity contribution in [1.29, 1.82) is 0 Å². The molecule has 1 aliphatic heterocycles. The first-order valence-electron chi connectivity index (χ1n) is 6.56. The molecule has 0 saturated carbocycles. The number of fused-ring (bicyclic) bond motifs is 1. The largest absolute Gasteiger partial charge is 0.454 e. The molecule has 0 saturated heterocycles. The van der Waals surface area contributed by atoms with Gasteiger partial charge in [0.1, 0.15) is 5.82 Å². The highest BCUT2D eigenvalue weighted by atomic mass is 32.2. The van der Waals surface area contributed by atoms with Gasteiger partial charge in [-0.1, -0.05) is 12.1 Å². The van der Waals surface area contributed by atoms with E-state index in [2.05, 4.69) is 0 Å². The molecular formula is C15H14FNO4S. The maximum absolute atomic E-state index is 12.9. The monoisotopic (exact) mass is 323 g/mol. The van der Waals surface area contributed by atoms with Crippen LogP contribution in [0.3, 0.4) is 0 Å². The summed E-state index contributed by atoms with van der Waals surface area (Å²) in [7, 11) is -2.11. The molecule has 7 heteroatoms. The zero-order valence-corrected chi connectivity index (χ0v) is 12.6. The summed E-state index contributed by atoms with van der Waals surface area (Å²) in [5, 5.41) is 0. The molecule has 0 atom stereocenters. The van der Waals surface area contributed by atoms with Crippen molar-refractivity contribution < 1.29 is 22.3 Å². The Hall–Kier alpha value is -2.28. The Morgan fingerprint density at radius 1 is 1.09 bits per heavy atom. The maximum atomic E-state index is 12.9. The van der Waals surface area contributed by atoms with Crippen molar-refractivity contribution in [3.05, 3.63) is 53.8 Å². The van der Waals surface area contributed by atoms with Crippen LogP contribution in [0.5, 0.6) is 11.5 Å². The van der Waals surface area contributed by atoms with Crippen LogP contribution in [0.1, 0.15) is 5.56 Å². The summed E-state index contributed by atoms with van der Waals surface area (Å²) in [6.45, 7) is 0.130. The fraction of sp³-hybridized carbons (Fsp3) is 0.200. The van der Waals surface area contributed by atoms with Crippen molar-refractivity contribution >= 4 is 15.7 Å². The minimum absolute atomic E-state index is 0.130. The van der Waals surface area contributed by atoms with Crippen LogP contribution in [0.25, 0.3) is 0 Å². The Labute approximate surface area is 127 Å². The van der Waals surface area contributed by atoms with Crippen LogP contribution in [0.2, 0.25) is 0 Å². The summed E-state index contributed by atoms with van der Waals surface area (Å²) in [6.07, 6.45) is 0. The molecule has 0 aromatic heterocycles. The molecule has 0 unspecified atom stereocenters. The second kappa shape index (κ2) is 5.49. The number of rotatable bonds is 4. The molecule has 1 heterocycles. The number of ether oxygens (including phenoxy) is 2. The number of nitrogens with zero attached hydrogens (tertiary/aromatic N) is 1. The zero-order valence-electron chi connectivity index (χ0n) is 11.8. The van der Waals surface area contributed by atoms with Gasteiger partial charge in [-0.15, -0.1) is 0 Å². The highest BCUT2D eigenvalue weighted by Crippen LogP contribution is 2.36. The molecule has 2 aromatic rings. The fourth-order valence-corrected chi connectivity index (χ4v) is 3.37. The molecule has 3 rings (SSSR count). The van der Waals surface area contributed by atoms with Gasteiger partial charge in [0, 0.05) is 13.1 Å². The second-order valence-corrected chi connectivity index (χ2v) is 6.89. The number of hydrogen-bond donors (Lipinski definition) is 0. The van der Waals surface area contributed by atoms with Crippen LogP contribution < -0.4 is 13.8 Å². The zero-order chi connectivity index (χ0) is 15.7. The third-order valence-electron chi connectivity index (χ3n) is 3.40.